The lowest BCUT2D eigenvalue weighted by Crippen LogP contribution is -2.26. The predicted molar refractivity (Wildman–Crippen MR) is 146 cm³/mol. The van der Waals surface area contributed by atoms with Crippen LogP contribution in [-0.4, -0.2) is 51.0 Å². The summed E-state index contributed by atoms with van der Waals surface area (Å²) in [6.45, 7) is 0. The second-order valence-corrected chi connectivity index (χ2v) is 10.1. The number of nitrogens with one attached hydrogen (secondary N) is 4. The van der Waals surface area contributed by atoms with Gasteiger partial charge < -0.3 is 20.5 Å². The minimum atomic E-state index is -0.332. The van der Waals surface area contributed by atoms with Gasteiger partial charge in [0.25, 0.3) is 17.7 Å². The van der Waals surface area contributed by atoms with Crippen molar-refractivity contribution in [1.82, 2.24) is 25.5 Å². The van der Waals surface area contributed by atoms with Crippen LogP contribution in [0.1, 0.15) is 43.2 Å². The summed E-state index contributed by atoms with van der Waals surface area (Å²) in [5, 5.41) is 13.3. The molecule has 0 bridgehead atoms. The fourth-order valence-electron chi connectivity index (χ4n) is 4.19. The van der Waals surface area contributed by atoms with Crippen LogP contribution in [0.15, 0.2) is 67.3 Å². The van der Waals surface area contributed by atoms with E-state index in [4.69, 9.17) is 0 Å². The van der Waals surface area contributed by atoms with Gasteiger partial charge >= 0.3 is 0 Å². The first-order chi connectivity index (χ1) is 18.5. The second-order valence-electron chi connectivity index (χ2n) is 9.06. The number of hydrogen-bond acceptors (Lipinski definition) is 6. The number of aromatic nitrogens is 4. The van der Waals surface area contributed by atoms with Crippen LogP contribution in [0.2, 0.25) is 0 Å². The van der Waals surface area contributed by atoms with Crippen LogP contribution in [0.3, 0.4) is 0 Å². The molecular formula is C27H23N7O3S. The van der Waals surface area contributed by atoms with E-state index >= 15 is 0 Å². The molecule has 5 aromatic rings. The van der Waals surface area contributed by atoms with Gasteiger partial charge in [0.1, 0.15) is 5.82 Å². The molecule has 38 heavy (non-hydrogen) atoms. The molecule has 0 saturated heterocycles. The second kappa shape index (κ2) is 9.60. The summed E-state index contributed by atoms with van der Waals surface area (Å²) in [5.41, 5.74) is 3.02. The van der Waals surface area contributed by atoms with Crippen LogP contribution < -0.4 is 15.5 Å². The quantitative estimate of drug-likeness (QED) is 0.249. The van der Waals surface area contributed by atoms with Gasteiger partial charge in [0, 0.05) is 64.3 Å². The number of benzene rings is 1. The third-order valence-electron chi connectivity index (χ3n) is 6.39. The van der Waals surface area contributed by atoms with Gasteiger partial charge in [-0.1, -0.05) is 0 Å². The molecule has 1 aromatic carbocycles. The van der Waals surface area contributed by atoms with Gasteiger partial charge in [-0.15, -0.1) is 11.3 Å². The first kappa shape index (κ1) is 23.6. The zero-order valence-electron chi connectivity index (χ0n) is 20.3. The molecule has 10 nitrogen and oxygen atoms in total. The largest absolute Gasteiger partial charge is 0.349 e. The standard InChI is InChI=1S/C27H23N7O3S/c1-34(27(37)15-8-10-28-11-9-15)18-4-5-19-20(12-18)32-24(23(19)26(36)31-17-2-3-17)33-25(35)22-7-6-21(38-22)16-13-29-30-14-16/h4-14,17,32H,2-3H2,1H3,(H,29,30)(H,31,36)(H,33,35). The fourth-order valence-corrected chi connectivity index (χ4v) is 5.07. The number of thiophene rings is 1. The number of carbonyl (C=O) groups excluding carboxylic acids is 3. The molecule has 6 rings (SSSR count). The maximum atomic E-state index is 13.2. The Morgan fingerprint density at radius 1 is 1.05 bits per heavy atom. The highest BCUT2D eigenvalue weighted by atomic mass is 32.1. The van der Waals surface area contributed by atoms with Gasteiger partial charge in [0.15, 0.2) is 0 Å². The number of H-pyrrole nitrogens is 2. The molecule has 1 aliphatic carbocycles. The third kappa shape index (κ3) is 4.55. The Labute approximate surface area is 221 Å². The van der Waals surface area contributed by atoms with Gasteiger partial charge in [-0.25, -0.2) is 0 Å². The van der Waals surface area contributed by atoms with E-state index in [1.807, 2.05) is 6.07 Å². The highest BCUT2D eigenvalue weighted by molar-refractivity contribution is 7.17. The number of pyridine rings is 1. The lowest BCUT2D eigenvalue weighted by Gasteiger charge is -2.17. The van der Waals surface area contributed by atoms with E-state index in [1.165, 1.54) is 16.2 Å². The highest BCUT2D eigenvalue weighted by Gasteiger charge is 2.28. The molecule has 1 saturated carbocycles. The van der Waals surface area contributed by atoms with Crippen LogP contribution in [0.25, 0.3) is 21.3 Å². The molecule has 0 aliphatic heterocycles. The van der Waals surface area contributed by atoms with Crippen LogP contribution >= 0.6 is 11.3 Å². The lowest BCUT2D eigenvalue weighted by atomic mass is 10.1. The number of nitrogens with zero attached hydrogens (tertiary/aromatic N) is 3. The fraction of sp³-hybridized carbons (Fsp3) is 0.148. The van der Waals surface area contributed by atoms with Crippen molar-refractivity contribution in [3.05, 3.63) is 83.3 Å². The Kier molecular flexibility index (Phi) is 5.97. The Hall–Kier alpha value is -4.77. The first-order valence-corrected chi connectivity index (χ1v) is 12.8. The van der Waals surface area contributed by atoms with E-state index in [2.05, 4.69) is 30.8 Å². The number of fused-ring (bicyclic) bond motifs is 1. The van der Waals surface area contributed by atoms with E-state index < -0.39 is 0 Å². The number of aromatic amines is 2. The number of hydrogen-bond donors (Lipinski definition) is 4. The van der Waals surface area contributed by atoms with Gasteiger partial charge in [0.05, 0.1) is 16.6 Å². The summed E-state index contributed by atoms with van der Waals surface area (Å²) in [7, 11) is 1.69. The van der Waals surface area contributed by atoms with E-state index in [-0.39, 0.29) is 23.8 Å². The maximum absolute atomic E-state index is 13.2. The number of anilines is 2. The number of carbonyl (C=O) groups is 3. The van der Waals surface area contributed by atoms with Gasteiger partial charge in [0.2, 0.25) is 0 Å². The van der Waals surface area contributed by atoms with E-state index in [9.17, 15) is 14.4 Å². The van der Waals surface area contributed by atoms with Crippen LogP contribution in [0.4, 0.5) is 11.5 Å². The molecule has 0 unspecified atom stereocenters. The monoisotopic (exact) mass is 525 g/mol. The number of rotatable bonds is 7. The molecule has 4 N–H and O–H groups in total. The lowest BCUT2D eigenvalue weighted by molar-refractivity contribution is 0.0952. The molecule has 0 radical (unpaired) electrons. The zero-order chi connectivity index (χ0) is 26.2. The average molecular weight is 526 g/mol. The molecule has 0 spiro atoms. The van der Waals surface area contributed by atoms with Gasteiger partial charge in [-0.2, -0.15) is 5.10 Å². The SMILES string of the molecule is CN(C(=O)c1ccncc1)c1ccc2c(C(=O)NC3CC3)c(NC(=O)c3ccc(-c4cn[nH]c4)s3)[nH]c2c1. The number of amides is 3. The summed E-state index contributed by atoms with van der Waals surface area (Å²) in [4.78, 5) is 49.4. The summed E-state index contributed by atoms with van der Waals surface area (Å²) in [6.07, 6.45) is 8.47. The molecular weight excluding hydrogens is 502 g/mol. The van der Waals surface area contributed by atoms with Gasteiger partial charge in [-0.05, 0) is 55.3 Å². The average Bonchev–Trinajstić information content (AvgIpc) is 3.32. The molecule has 11 heteroatoms. The molecule has 4 heterocycles. The van der Waals surface area contributed by atoms with Crippen LogP contribution in [-0.2, 0) is 0 Å². The molecule has 0 atom stereocenters. The predicted octanol–water partition coefficient (Wildman–Crippen LogP) is 4.44. The Balaban J connectivity index is 1.32. The van der Waals surface area contributed by atoms with Crippen molar-refractivity contribution in [2.75, 3.05) is 17.3 Å². The van der Waals surface area contributed by atoms with Crippen LogP contribution in [0, 0.1) is 0 Å². The zero-order valence-corrected chi connectivity index (χ0v) is 21.1. The summed E-state index contributed by atoms with van der Waals surface area (Å²) in [6, 6.07) is 12.4. The van der Waals surface area contributed by atoms with E-state index in [1.54, 1.807) is 68.2 Å². The van der Waals surface area contributed by atoms with Crippen molar-refractivity contribution < 1.29 is 14.4 Å². The molecule has 1 aliphatic rings. The van der Waals surface area contributed by atoms with Gasteiger partial charge in [-0.3, -0.25) is 24.5 Å². The summed E-state index contributed by atoms with van der Waals surface area (Å²) < 4.78 is 0. The smallest absolute Gasteiger partial charge is 0.266 e. The van der Waals surface area contributed by atoms with Crippen molar-refractivity contribution in [3.63, 3.8) is 0 Å². The minimum absolute atomic E-state index is 0.147. The van der Waals surface area contributed by atoms with Crippen LogP contribution in [0.5, 0.6) is 0 Å². The van der Waals surface area contributed by atoms with Crippen molar-refractivity contribution in [2.45, 2.75) is 18.9 Å². The topological polar surface area (TPSA) is 136 Å². The van der Waals surface area contributed by atoms with E-state index in [0.717, 1.165) is 23.3 Å². The normalized spacial score (nSPS) is 12.9. The van der Waals surface area contributed by atoms with Crippen molar-refractivity contribution in [3.8, 4) is 10.4 Å². The van der Waals surface area contributed by atoms with Crippen molar-refractivity contribution in [1.29, 1.82) is 0 Å². The molecule has 3 amide bonds. The third-order valence-corrected chi connectivity index (χ3v) is 7.53. The Morgan fingerprint density at radius 3 is 2.61 bits per heavy atom. The van der Waals surface area contributed by atoms with Crippen molar-refractivity contribution >= 4 is 51.5 Å². The highest BCUT2D eigenvalue weighted by Crippen LogP contribution is 2.33. The van der Waals surface area contributed by atoms with E-state index in [0.29, 0.717) is 38.4 Å². The maximum Gasteiger partial charge on any atom is 0.266 e. The molecule has 4 aromatic heterocycles. The molecule has 1 fully saturated rings. The first-order valence-electron chi connectivity index (χ1n) is 12.0. The Morgan fingerprint density at radius 2 is 1.87 bits per heavy atom. The van der Waals surface area contributed by atoms with Crippen molar-refractivity contribution in [2.24, 2.45) is 0 Å². The molecule has 190 valence electrons. The Bertz CT molecular complexity index is 1650. The summed E-state index contributed by atoms with van der Waals surface area (Å²) >= 11 is 1.33. The minimum Gasteiger partial charge on any atom is -0.349 e. The summed E-state index contributed by atoms with van der Waals surface area (Å²) in [5.74, 6) is -0.471.